The first-order chi connectivity index (χ1) is 7.61. The molecule has 3 heteroatoms. The lowest BCUT2D eigenvalue weighted by Gasteiger charge is -2.04. The van der Waals surface area contributed by atoms with E-state index < -0.39 is 0 Å². The molecular weight excluding hydrogens is 222 g/mol. The molecule has 1 heterocycles. The highest BCUT2D eigenvalue weighted by Crippen LogP contribution is 2.29. The summed E-state index contributed by atoms with van der Waals surface area (Å²) in [5.74, 6) is 0.846. The molecule has 0 aliphatic carbocycles. The SMILES string of the molecule is CCCC(N)c1cc2cc(Cl)c(C)cc2o1. The standard InChI is InChI=1S/C13H16ClNO/c1-3-4-11(15)13-7-9-6-10(14)8(2)5-12(9)16-13/h5-7,11H,3-4,15H2,1-2H3. The van der Waals surface area contributed by atoms with E-state index >= 15 is 0 Å². The fourth-order valence-electron chi connectivity index (χ4n) is 1.82. The van der Waals surface area contributed by atoms with Crippen LogP contribution in [0.4, 0.5) is 0 Å². The highest BCUT2D eigenvalue weighted by atomic mass is 35.5. The van der Waals surface area contributed by atoms with E-state index in [0.29, 0.717) is 0 Å². The van der Waals surface area contributed by atoms with Crippen LogP contribution in [0.1, 0.15) is 37.1 Å². The summed E-state index contributed by atoms with van der Waals surface area (Å²) in [6, 6.07) is 5.86. The van der Waals surface area contributed by atoms with Crippen LogP contribution in [0.3, 0.4) is 0 Å². The third-order valence-corrected chi connectivity index (χ3v) is 3.19. The van der Waals surface area contributed by atoms with Gasteiger partial charge in [0.2, 0.25) is 0 Å². The van der Waals surface area contributed by atoms with Crippen LogP contribution in [0.2, 0.25) is 5.02 Å². The van der Waals surface area contributed by atoms with E-state index in [2.05, 4.69) is 6.92 Å². The minimum absolute atomic E-state index is 0.0171. The Morgan fingerprint density at radius 3 is 2.81 bits per heavy atom. The molecule has 2 aromatic rings. The van der Waals surface area contributed by atoms with Gasteiger partial charge in [0, 0.05) is 10.4 Å². The first kappa shape index (κ1) is 11.5. The minimum atomic E-state index is -0.0171. The van der Waals surface area contributed by atoms with E-state index in [1.165, 1.54) is 0 Å². The van der Waals surface area contributed by atoms with Gasteiger partial charge in [0.1, 0.15) is 11.3 Å². The van der Waals surface area contributed by atoms with Gasteiger partial charge in [0.05, 0.1) is 6.04 Å². The average Bonchev–Trinajstić information content (AvgIpc) is 2.62. The molecule has 1 atom stereocenters. The Morgan fingerprint density at radius 1 is 1.38 bits per heavy atom. The van der Waals surface area contributed by atoms with E-state index in [4.69, 9.17) is 21.8 Å². The molecule has 2 N–H and O–H groups in total. The molecule has 0 aliphatic heterocycles. The van der Waals surface area contributed by atoms with Crippen LogP contribution < -0.4 is 5.73 Å². The molecule has 0 aliphatic rings. The Morgan fingerprint density at radius 2 is 2.12 bits per heavy atom. The van der Waals surface area contributed by atoms with Gasteiger partial charge in [-0.15, -0.1) is 0 Å². The molecule has 0 saturated heterocycles. The number of halogens is 1. The van der Waals surface area contributed by atoms with Gasteiger partial charge in [0.25, 0.3) is 0 Å². The molecular formula is C13H16ClNO. The van der Waals surface area contributed by atoms with Gasteiger partial charge < -0.3 is 10.2 Å². The van der Waals surface area contributed by atoms with Crippen molar-refractivity contribution in [2.75, 3.05) is 0 Å². The second-order valence-electron chi connectivity index (χ2n) is 4.18. The lowest BCUT2D eigenvalue weighted by Crippen LogP contribution is -2.08. The molecule has 0 spiro atoms. The number of benzene rings is 1. The van der Waals surface area contributed by atoms with Gasteiger partial charge in [-0.05, 0) is 37.1 Å². The maximum absolute atomic E-state index is 6.06. The first-order valence-corrected chi connectivity index (χ1v) is 5.94. The lowest BCUT2D eigenvalue weighted by atomic mass is 10.1. The van der Waals surface area contributed by atoms with E-state index in [0.717, 1.165) is 40.2 Å². The smallest absolute Gasteiger partial charge is 0.134 e. The van der Waals surface area contributed by atoms with Crippen molar-refractivity contribution in [3.63, 3.8) is 0 Å². The van der Waals surface area contributed by atoms with Gasteiger partial charge in [-0.2, -0.15) is 0 Å². The predicted octanol–water partition coefficient (Wildman–Crippen LogP) is 4.19. The predicted molar refractivity (Wildman–Crippen MR) is 67.8 cm³/mol. The molecule has 1 aromatic carbocycles. The number of hydrogen-bond donors (Lipinski definition) is 1. The summed E-state index contributed by atoms with van der Waals surface area (Å²) in [6.45, 7) is 4.08. The van der Waals surface area contributed by atoms with Crippen molar-refractivity contribution in [1.82, 2.24) is 0 Å². The van der Waals surface area contributed by atoms with Crippen LogP contribution in [0.15, 0.2) is 22.6 Å². The molecule has 2 nitrogen and oxygen atoms in total. The summed E-state index contributed by atoms with van der Waals surface area (Å²) in [4.78, 5) is 0. The largest absolute Gasteiger partial charge is 0.459 e. The summed E-state index contributed by atoms with van der Waals surface area (Å²) >= 11 is 6.06. The van der Waals surface area contributed by atoms with Gasteiger partial charge in [-0.1, -0.05) is 24.9 Å². The van der Waals surface area contributed by atoms with Crippen molar-refractivity contribution >= 4 is 22.6 Å². The fourth-order valence-corrected chi connectivity index (χ4v) is 1.99. The van der Waals surface area contributed by atoms with Crippen LogP contribution in [-0.2, 0) is 0 Å². The minimum Gasteiger partial charge on any atom is -0.459 e. The number of nitrogens with two attached hydrogens (primary N) is 1. The third kappa shape index (κ3) is 2.08. The zero-order chi connectivity index (χ0) is 11.7. The number of rotatable bonds is 3. The number of hydrogen-bond acceptors (Lipinski definition) is 2. The normalized spacial score (nSPS) is 13.2. The quantitative estimate of drug-likeness (QED) is 0.869. The van der Waals surface area contributed by atoms with Crippen LogP contribution >= 0.6 is 11.6 Å². The topological polar surface area (TPSA) is 39.2 Å². The van der Waals surface area contributed by atoms with E-state index in [-0.39, 0.29) is 6.04 Å². The number of furan rings is 1. The zero-order valence-corrected chi connectivity index (χ0v) is 10.3. The van der Waals surface area contributed by atoms with Crippen LogP contribution in [0, 0.1) is 6.92 Å². The maximum atomic E-state index is 6.06. The van der Waals surface area contributed by atoms with Crippen molar-refractivity contribution in [2.24, 2.45) is 5.73 Å². The number of aryl methyl sites for hydroxylation is 1. The van der Waals surface area contributed by atoms with E-state index in [9.17, 15) is 0 Å². The molecule has 2 rings (SSSR count). The fraction of sp³-hybridized carbons (Fsp3) is 0.385. The third-order valence-electron chi connectivity index (χ3n) is 2.78. The van der Waals surface area contributed by atoms with Gasteiger partial charge in [0.15, 0.2) is 0 Å². The highest BCUT2D eigenvalue weighted by molar-refractivity contribution is 6.32. The van der Waals surface area contributed by atoms with Crippen LogP contribution in [0.5, 0.6) is 0 Å². The van der Waals surface area contributed by atoms with Crippen LogP contribution in [0.25, 0.3) is 11.0 Å². The second-order valence-corrected chi connectivity index (χ2v) is 4.59. The summed E-state index contributed by atoms with van der Waals surface area (Å²) in [5, 5.41) is 1.79. The summed E-state index contributed by atoms with van der Waals surface area (Å²) in [6.07, 6.45) is 1.99. The zero-order valence-electron chi connectivity index (χ0n) is 9.59. The lowest BCUT2D eigenvalue weighted by molar-refractivity contribution is 0.475. The van der Waals surface area contributed by atoms with Crippen molar-refractivity contribution in [3.05, 3.63) is 34.5 Å². The molecule has 0 fully saturated rings. The second kappa shape index (κ2) is 4.48. The van der Waals surface area contributed by atoms with Crippen molar-refractivity contribution < 1.29 is 4.42 Å². The molecule has 0 amide bonds. The van der Waals surface area contributed by atoms with E-state index in [1.54, 1.807) is 0 Å². The summed E-state index contributed by atoms with van der Waals surface area (Å²) in [5.41, 5.74) is 7.91. The Hall–Kier alpha value is -0.990. The monoisotopic (exact) mass is 237 g/mol. The molecule has 1 aromatic heterocycles. The first-order valence-electron chi connectivity index (χ1n) is 5.57. The Kier molecular flexibility index (Phi) is 3.22. The summed E-state index contributed by atoms with van der Waals surface area (Å²) < 4.78 is 5.73. The highest BCUT2D eigenvalue weighted by Gasteiger charge is 2.12. The van der Waals surface area contributed by atoms with Crippen molar-refractivity contribution in [3.8, 4) is 0 Å². The average molecular weight is 238 g/mol. The molecule has 0 saturated carbocycles. The maximum Gasteiger partial charge on any atom is 0.134 e. The Labute approximate surface area is 100 Å². The van der Waals surface area contributed by atoms with Gasteiger partial charge >= 0.3 is 0 Å². The Balaban J connectivity index is 2.43. The van der Waals surface area contributed by atoms with Crippen LogP contribution in [-0.4, -0.2) is 0 Å². The molecule has 0 radical (unpaired) electrons. The van der Waals surface area contributed by atoms with Crippen molar-refractivity contribution in [1.29, 1.82) is 0 Å². The molecule has 16 heavy (non-hydrogen) atoms. The number of fused-ring (bicyclic) bond motifs is 1. The molecule has 0 bridgehead atoms. The van der Waals surface area contributed by atoms with Gasteiger partial charge in [-0.25, -0.2) is 0 Å². The molecule has 86 valence electrons. The summed E-state index contributed by atoms with van der Waals surface area (Å²) in [7, 11) is 0. The Bertz CT molecular complexity index is 465. The molecule has 1 unspecified atom stereocenters. The van der Waals surface area contributed by atoms with E-state index in [1.807, 2.05) is 25.1 Å². The van der Waals surface area contributed by atoms with Gasteiger partial charge in [-0.3, -0.25) is 0 Å². The van der Waals surface area contributed by atoms with Crippen molar-refractivity contribution in [2.45, 2.75) is 32.7 Å².